The Bertz CT molecular complexity index is 916. The fourth-order valence-corrected chi connectivity index (χ4v) is 3.32. The van der Waals surface area contributed by atoms with E-state index in [2.05, 4.69) is 15.9 Å². The van der Waals surface area contributed by atoms with E-state index < -0.39 is 0 Å². The summed E-state index contributed by atoms with van der Waals surface area (Å²) in [6.07, 6.45) is 0. The number of hydrogen-bond acceptors (Lipinski definition) is 3. The predicted octanol–water partition coefficient (Wildman–Crippen LogP) is 5.00. The first-order valence-electron chi connectivity index (χ1n) is 8.15. The standard InChI is InChI=1S/C20H20BrNO3/c1-4-24-20(23)19-13(2)22(3)17-11-16(21)18(10-15(17)19)25-12-14-8-6-5-7-9-14/h5-11H,4,12H2,1-3H3. The summed E-state index contributed by atoms with van der Waals surface area (Å²) >= 11 is 3.57. The Morgan fingerprint density at radius 3 is 2.60 bits per heavy atom. The van der Waals surface area contributed by atoms with Crippen LogP contribution in [0.25, 0.3) is 10.9 Å². The molecule has 0 atom stereocenters. The molecule has 0 saturated heterocycles. The number of aromatic nitrogens is 1. The summed E-state index contributed by atoms with van der Waals surface area (Å²) < 4.78 is 14.0. The van der Waals surface area contributed by atoms with E-state index in [0.717, 1.165) is 26.6 Å². The van der Waals surface area contributed by atoms with Gasteiger partial charge in [-0.15, -0.1) is 0 Å². The van der Waals surface area contributed by atoms with Crippen LogP contribution in [-0.4, -0.2) is 17.1 Å². The van der Waals surface area contributed by atoms with Gasteiger partial charge in [0.2, 0.25) is 0 Å². The van der Waals surface area contributed by atoms with Gasteiger partial charge in [0.1, 0.15) is 12.4 Å². The van der Waals surface area contributed by atoms with Crippen LogP contribution in [0.2, 0.25) is 0 Å². The zero-order valence-corrected chi connectivity index (χ0v) is 16.1. The Morgan fingerprint density at radius 2 is 1.92 bits per heavy atom. The van der Waals surface area contributed by atoms with Crippen molar-refractivity contribution in [3.63, 3.8) is 0 Å². The summed E-state index contributed by atoms with van der Waals surface area (Å²) in [6, 6.07) is 13.9. The molecule has 0 saturated carbocycles. The van der Waals surface area contributed by atoms with Gasteiger partial charge in [-0.05, 0) is 47.5 Å². The van der Waals surface area contributed by atoms with E-state index in [9.17, 15) is 4.79 Å². The highest BCUT2D eigenvalue weighted by atomic mass is 79.9. The summed E-state index contributed by atoms with van der Waals surface area (Å²) in [7, 11) is 1.94. The topological polar surface area (TPSA) is 40.5 Å². The predicted molar refractivity (Wildman–Crippen MR) is 102 cm³/mol. The average Bonchev–Trinajstić information content (AvgIpc) is 2.85. The van der Waals surface area contributed by atoms with E-state index in [4.69, 9.17) is 9.47 Å². The third-order valence-electron chi connectivity index (χ3n) is 4.26. The molecule has 0 aliphatic rings. The van der Waals surface area contributed by atoms with Gasteiger partial charge in [-0.25, -0.2) is 4.79 Å². The molecule has 3 aromatic rings. The number of halogens is 1. The molecule has 3 rings (SSSR count). The molecular formula is C20H20BrNO3. The normalized spacial score (nSPS) is 10.9. The van der Waals surface area contributed by atoms with Crippen molar-refractivity contribution in [2.75, 3.05) is 6.61 Å². The van der Waals surface area contributed by atoms with Crippen LogP contribution in [0, 0.1) is 6.92 Å². The number of rotatable bonds is 5. The van der Waals surface area contributed by atoms with Crippen LogP contribution in [0.1, 0.15) is 28.5 Å². The zero-order valence-electron chi connectivity index (χ0n) is 14.5. The van der Waals surface area contributed by atoms with Gasteiger partial charge >= 0.3 is 5.97 Å². The zero-order chi connectivity index (χ0) is 18.0. The van der Waals surface area contributed by atoms with Crippen molar-refractivity contribution < 1.29 is 14.3 Å². The van der Waals surface area contributed by atoms with Gasteiger partial charge < -0.3 is 14.0 Å². The third kappa shape index (κ3) is 3.42. The smallest absolute Gasteiger partial charge is 0.340 e. The van der Waals surface area contributed by atoms with Gasteiger partial charge in [0, 0.05) is 18.1 Å². The Kier molecular flexibility index (Phi) is 5.13. The van der Waals surface area contributed by atoms with E-state index in [1.165, 1.54) is 0 Å². The Morgan fingerprint density at radius 1 is 1.20 bits per heavy atom. The van der Waals surface area contributed by atoms with Gasteiger partial charge in [-0.2, -0.15) is 0 Å². The van der Waals surface area contributed by atoms with Crippen molar-refractivity contribution in [2.45, 2.75) is 20.5 Å². The molecule has 0 fully saturated rings. The largest absolute Gasteiger partial charge is 0.488 e. The number of benzene rings is 2. The molecule has 4 nitrogen and oxygen atoms in total. The van der Waals surface area contributed by atoms with Crippen molar-refractivity contribution in [3.05, 3.63) is 63.8 Å². The van der Waals surface area contributed by atoms with Gasteiger partial charge in [0.25, 0.3) is 0 Å². The van der Waals surface area contributed by atoms with E-state index in [-0.39, 0.29) is 5.97 Å². The minimum atomic E-state index is -0.304. The average molecular weight is 402 g/mol. The van der Waals surface area contributed by atoms with Crippen molar-refractivity contribution in [1.82, 2.24) is 4.57 Å². The van der Waals surface area contributed by atoms with Crippen LogP contribution in [0.15, 0.2) is 46.9 Å². The van der Waals surface area contributed by atoms with Crippen LogP contribution in [0.5, 0.6) is 5.75 Å². The first-order valence-corrected chi connectivity index (χ1v) is 8.94. The Balaban J connectivity index is 2.01. The maximum absolute atomic E-state index is 12.4. The quantitative estimate of drug-likeness (QED) is 0.564. The number of esters is 1. The monoisotopic (exact) mass is 401 g/mol. The first-order chi connectivity index (χ1) is 12.0. The van der Waals surface area contributed by atoms with Gasteiger partial charge in [-0.1, -0.05) is 30.3 Å². The second kappa shape index (κ2) is 7.31. The summed E-state index contributed by atoms with van der Waals surface area (Å²) in [5, 5.41) is 0.838. The molecule has 0 amide bonds. The molecule has 1 heterocycles. The molecule has 0 aliphatic carbocycles. The third-order valence-corrected chi connectivity index (χ3v) is 4.88. The molecule has 25 heavy (non-hydrogen) atoms. The number of carbonyl (C=O) groups excluding carboxylic acids is 1. The highest BCUT2D eigenvalue weighted by Gasteiger charge is 2.21. The molecule has 0 bridgehead atoms. The molecule has 5 heteroatoms. The minimum Gasteiger partial charge on any atom is -0.488 e. The molecule has 0 unspecified atom stereocenters. The Labute approximate surface area is 155 Å². The second-order valence-electron chi connectivity index (χ2n) is 5.81. The minimum absolute atomic E-state index is 0.304. The lowest BCUT2D eigenvalue weighted by Gasteiger charge is -2.09. The van der Waals surface area contributed by atoms with Crippen LogP contribution in [-0.2, 0) is 18.4 Å². The maximum Gasteiger partial charge on any atom is 0.340 e. The van der Waals surface area contributed by atoms with Crippen molar-refractivity contribution in [2.24, 2.45) is 7.05 Å². The molecule has 2 aromatic carbocycles. The SMILES string of the molecule is CCOC(=O)c1c(C)n(C)c2cc(Br)c(OCc3ccccc3)cc12. The number of ether oxygens (including phenoxy) is 2. The maximum atomic E-state index is 12.4. The van der Waals surface area contributed by atoms with E-state index in [0.29, 0.717) is 24.5 Å². The Hall–Kier alpha value is -2.27. The fourth-order valence-electron chi connectivity index (χ4n) is 2.87. The number of carbonyl (C=O) groups is 1. The highest BCUT2D eigenvalue weighted by Crippen LogP contribution is 2.35. The highest BCUT2D eigenvalue weighted by molar-refractivity contribution is 9.10. The van der Waals surface area contributed by atoms with Gasteiger partial charge in [-0.3, -0.25) is 0 Å². The second-order valence-corrected chi connectivity index (χ2v) is 6.67. The van der Waals surface area contributed by atoms with Gasteiger partial charge in [0.15, 0.2) is 0 Å². The van der Waals surface area contributed by atoms with E-state index in [1.807, 2.05) is 67.9 Å². The van der Waals surface area contributed by atoms with Crippen LogP contribution >= 0.6 is 15.9 Å². The fraction of sp³-hybridized carbons (Fsp3) is 0.250. The molecule has 0 radical (unpaired) electrons. The summed E-state index contributed by atoms with van der Waals surface area (Å²) in [6.45, 7) is 4.54. The molecule has 1 aromatic heterocycles. The van der Waals surface area contributed by atoms with Gasteiger partial charge in [0.05, 0.1) is 22.2 Å². The first kappa shape index (κ1) is 17.5. The number of fused-ring (bicyclic) bond motifs is 1. The lowest BCUT2D eigenvalue weighted by Crippen LogP contribution is -2.06. The molecule has 130 valence electrons. The molecule has 0 spiro atoms. The summed E-state index contributed by atoms with van der Waals surface area (Å²) in [5.74, 6) is 0.398. The van der Waals surface area contributed by atoms with E-state index >= 15 is 0 Å². The van der Waals surface area contributed by atoms with Crippen LogP contribution in [0.4, 0.5) is 0 Å². The van der Waals surface area contributed by atoms with E-state index in [1.54, 1.807) is 0 Å². The van der Waals surface area contributed by atoms with Crippen LogP contribution < -0.4 is 4.74 Å². The molecule has 0 aliphatic heterocycles. The van der Waals surface area contributed by atoms with Crippen LogP contribution in [0.3, 0.4) is 0 Å². The summed E-state index contributed by atoms with van der Waals surface area (Å²) in [5.41, 5.74) is 3.51. The molecule has 0 N–H and O–H groups in total. The van der Waals surface area contributed by atoms with Crippen molar-refractivity contribution in [3.8, 4) is 5.75 Å². The van der Waals surface area contributed by atoms with Crippen molar-refractivity contribution >= 4 is 32.8 Å². The lowest BCUT2D eigenvalue weighted by atomic mass is 10.1. The number of hydrogen-bond donors (Lipinski definition) is 0. The lowest BCUT2D eigenvalue weighted by molar-refractivity contribution is 0.0527. The summed E-state index contributed by atoms with van der Waals surface area (Å²) in [4.78, 5) is 12.4. The van der Waals surface area contributed by atoms with Crippen molar-refractivity contribution in [1.29, 1.82) is 0 Å². The number of nitrogens with zero attached hydrogens (tertiary/aromatic N) is 1. The molecular weight excluding hydrogens is 382 g/mol. The number of aryl methyl sites for hydroxylation is 1.